The van der Waals surface area contributed by atoms with Crippen LogP contribution in [0.4, 0.5) is 0 Å². The van der Waals surface area contributed by atoms with E-state index in [1.54, 1.807) is 0 Å². The summed E-state index contributed by atoms with van der Waals surface area (Å²) in [5, 5.41) is 1.28. The summed E-state index contributed by atoms with van der Waals surface area (Å²) in [4.78, 5) is 23.0. The predicted molar refractivity (Wildman–Crippen MR) is 105 cm³/mol. The van der Waals surface area contributed by atoms with Gasteiger partial charge in [0.15, 0.2) is 5.65 Å². The summed E-state index contributed by atoms with van der Waals surface area (Å²) < 4.78 is 4.06. The second-order valence-electron chi connectivity index (χ2n) is 6.64. The number of para-hydroxylation sites is 3. The number of aryl methyl sites for hydroxylation is 2. The molecule has 3 heterocycles. The van der Waals surface area contributed by atoms with Crippen molar-refractivity contribution in [2.24, 2.45) is 7.05 Å². The summed E-state index contributed by atoms with van der Waals surface area (Å²) in [5.74, 6) is 0.939. The van der Waals surface area contributed by atoms with Gasteiger partial charge in [0.25, 0.3) is 0 Å². The monoisotopic (exact) mass is 342 g/mol. The van der Waals surface area contributed by atoms with Crippen LogP contribution < -0.4 is 5.43 Å². The Labute approximate surface area is 149 Å². The molecule has 0 saturated carbocycles. The lowest BCUT2D eigenvalue weighted by atomic mass is 10.1. The van der Waals surface area contributed by atoms with Crippen molar-refractivity contribution in [3.63, 3.8) is 0 Å². The molecule has 0 atom stereocenters. The molecule has 5 rings (SSSR count). The number of imidazole rings is 1. The third kappa shape index (κ3) is 1.88. The first-order valence-electron chi connectivity index (χ1n) is 8.88. The van der Waals surface area contributed by atoms with Gasteiger partial charge in [0.05, 0.1) is 16.6 Å². The molecule has 0 N–H and O–H groups in total. The van der Waals surface area contributed by atoms with Crippen LogP contribution in [0.1, 0.15) is 19.2 Å². The van der Waals surface area contributed by atoms with Gasteiger partial charge >= 0.3 is 0 Å². The highest BCUT2D eigenvalue weighted by molar-refractivity contribution is 6.01. The minimum atomic E-state index is -0.00967. The van der Waals surface area contributed by atoms with Gasteiger partial charge in [-0.3, -0.25) is 9.20 Å². The molecule has 2 aromatic carbocycles. The number of nitrogens with zero attached hydrogens (tertiary/aromatic N) is 4. The molecule has 3 aromatic heterocycles. The molecule has 0 aliphatic heterocycles. The third-order valence-electron chi connectivity index (χ3n) is 5.03. The molecule has 5 aromatic rings. The Morgan fingerprint density at radius 1 is 0.923 bits per heavy atom. The van der Waals surface area contributed by atoms with Gasteiger partial charge in [-0.25, -0.2) is 9.97 Å². The quantitative estimate of drug-likeness (QED) is 0.458. The van der Waals surface area contributed by atoms with Crippen LogP contribution in [0.5, 0.6) is 0 Å². The Bertz CT molecular complexity index is 1380. The van der Waals surface area contributed by atoms with Crippen molar-refractivity contribution in [3.05, 3.63) is 64.6 Å². The van der Waals surface area contributed by atoms with Crippen LogP contribution in [0.3, 0.4) is 0 Å². The summed E-state index contributed by atoms with van der Waals surface area (Å²) in [7, 11) is 1.96. The molecule has 0 unspecified atom stereocenters. The van der Waals surface area contributed by atoms with Crippen LogP contribution in [0, 0.1) is 0 Å². The maximum atomic E-state index is 13.3. The van der Waals surface area contributed by atoms with Gasteiger partial charge in [-0.2, -0.15) is 0 Å². The SMILES string of the molecule is CCCc1nc2c(c(=O)c3ccccc3n2C)c2nc3ccccc3n12. The van der Waals surface area contributed by atoms with Gasteiger partial charge in [-0.15, -0.1) is 0 Å². The van der Waals surface area contributed by atoms with E-state index in [1.165, 1.54) is 0 Å². The normalized spacial score (nSPS) is 11.9. The van der Waals surface area contributed by atoms with Crippen LogP contribution in [-0.2, 0) is 13.5 Å². The fourth-order valence-electron chi connectivity index (χ4n) is 3.83. The maximum Gasteiger partial charge on any atom is 0.202 e. The Balaban J connectivity index is 2.13. The molecule has 0 aliphatic rings. The number of rotatable bonds is 2. The standard InChI is InChI=1S/C21H18N4O/c1-3-8-17-23-20-18(19(26)13-9-4-6-11-15(13)24(20)2)21-22-14-10-5-7-12-16(14)25(17)21/h4-7,9-12H,3,8H2,1-2H3. The number of pyridine rings is 1. The largest absolute Gasteiger partial charge is 0.328 e. The molecule has 0 saturated heterocycles. The van der Waals surface area contributed by atoms with Gasteiger partial charge < -0.3 is 4.57 Å². The summed E-state index contributed by atoms with van der Waals surface area (Å²) in [6, 6.07) is 15.7. The van der Waals surface area contributed by atoms with E-state index >= 15 is 0 Å². The smallest absolute Gasteiger partial charge is 0.202 e. The van der Waals surface area contributed by atoms with Crippen LogP contribution in [-0.4, -0.2) is 18.9 Å². The zero-order valence-corrected chi connectivity index (χ0v) is 14.7. The van der Waals surface area contributed by atoms with Crippen molar-refractivity contribution in [1.82, 2.24) is 18.9 Å². The molecule has 5 heteroatoms. The second kappa shape index (κ2) is 5.39. The van der Waals surface area contributed by atoms with E-state index in [4.69, 9.17) is 9.97 Å². The predicted octanol–water partition coefficient (Wildman–Crippen LogP) is 3.84. The first kappa shape index (κ1) is 15.1. The lowest BCUT2D eigenvalue weighted by Crippen LogP contribution is -2.14. The highest BCUT2D eigenvalue weighted by Crippen LogP contribution is 2.25. The lowest BCUT2D eigenvalue weighted by molar-refractivity contribution is 0.817. The van der Waals surface area contributed by atoms with E-state index in [1.807, 2.05) is 60.1 Å². The second-order valence-corrected chi connectivity index (χ2v) is 6.64. The molecular formula is C21H18N4O. The summed E-state index contributed by atoms with van der Waals surface area (Å²) >= 11 is 0. The minimum absolute atomic E-state index is 0.00967. The van der Waals surface area contributed by atoms with E-state index in [0.717, 1.165) is 35.2 Å². The molecule has 0 amide bonds. The van der Waals surface area contributed by atoms with Gasteiger partial charge in [0.1, 0.15) is 16.9 Å². The lowest BCUT2D eigenvalue weighted by Gasteiger charge is -2.13. The van der Waals surface area contributed by atoms with Crippen molar-refractivity contribution in [1.29, 1.82) is 0 Å². The Morgan fingerprint density at radius 3 is 2.46 bits per heavy atom. The number of fused-ring (bicyclic) bond motifs is 6. The van der Waals surface area contributed by atoms with E-state index < -0.39 is 0 Å². The topological polar surface area (TPSA) is 52.2 Å². The Morgan fingerprint density at radius 2 is 1.65 bits per heavy atom. The van der Waals surface area contributed by atoms with Gasteiger partial charge in [0, 0.05) is 18.9 Å². The molecule has 0 fully saturated rings. The van der Waals surface area contributed by atoms with Crippen LogP contribution in [0.2, 0.25) is 0 Å². The number of aromatic nitrogens is 4. The average Bonchev–Trinajstić information content (AvgIpc) is 3.06. The zero-order chi connectivity index (χ0) is 17.8. The van der Waals surface area contributed by atoms with Crippen LogP contribution >= 0.6 is 0 Å². The molecule has 0 radical (unpaired) electrons. The van der Waals surface area contributed by atoms with Crippen molar-refractivity contribution in [2.45, 2.75) is 19.8 Å². The Kier molecular flexibility index (Phi) is 3.13. The summed E-state index contributed by atoms with van der Waals surface area (Å²) in [5.41, 5.74) is 4.15. The molecular weight excluding hydrogens is 324 g/mol. The third-order valence-corrected chi connectivity index (χ3v) is 5.03. The van der Waals surface area contributed by atoms with Gasteiger partial charge in [-0.1, -0.05) is 31.2 Å². The highest BCUT2D eigenvalue weighted by atomic mass is 16.1. The number of benzene rings is 2. The molecule has 5 nitrogen and oxygen atoms in total. The fourth-order valence-corrected chi connectivity index (χ4v) is 3.83. The van der Waals surface area contributed by atoms with E-state index in [-0.39, 0.29) is 5.43 Å². The first-order valence-corrected chi connectivity index (χ1v) is 8.88. The molecule has 26 heavy (non-hydrogen) atoms. The van der Waals surface area contributed by atoms with E-state index in [9.17, 15) is 4.79 Å². The molecule has 0 bridgehead atoms. The summed E-state index contributed by atoms with van der Waals surface area (Å²) in [6.07, 6.45) is 1.80. The maximum absolute atomic E-state index is 13.3. The van der Waals surface area contributed by atoms with Crippen molar-refractivity contribution >= 4 is 38.6 Å². The Hall–Kier alpha value is -3.21. The fraction of sp³-hybridized carbons (Fsp3) is 0.190. The highest BCUT2D eigenvalue weighted by Gasteiger charge is 2.18. The number of hydrogen-bond acceptors (Lipinski definition) is 3. The first-order chi connectivity index (χ1) is 12.7. The molecule has 128 valence electrons. The van der Waals surface area contributed by atoms with Crippen LogP contribution in [0.25, 0.3) is 38.6 Å². The van der Waals surface area contributed by atoms with Gasteiger partial charge in [-0.05, 0) is 30.7 Å². The van der Waals surface area contributed by atoms with Crippen molar-refractivity contribution < 1.29 is 0 Å². The van der Waals surface area contributed by atoms with Crippen LogP contribution in [0.15, 0.2) is 53.3 Å². The zero-order valence-electron chi connectivity index (χ0n) is 14.7. The van der Waals surface area contributed by atoms with Crippen molar-refractivity contribution in [3.8, 4) is 0 Å². The minimum Gasteiger partial charge on any atom is -0.328 e. The van der Waals surface area contributed by atoms with Gasteiger partial charge in [0.2, 0.25) is 5.43 Å². The van der Waals surface area contributed by atoms with E-state index in [2.05, 4.69) is 11.3 Å². The average molecular weight is 342 g/mol. The van der Waals surface area contributed by atoms with E-state index in [0.29, 0.717) is 22.1 Å². The molecule has 0 spiro atoms. The van der Waals surface area contributed by atoms with Crippen molar-refractivity contribution in [2.75, 3.05) is 0 Å². The summed E-state index contributed by atoms with van der Waals surface area (Å²) in [6.45, 7) is 2.14. The number of hydrogen-bond donors (Lipinski definition) is 0. The molecule has 0 aliphatic carbocycles.